The summed E-state index contributed by atoms with van der Waals surface area (Å²) in [7, 11) is 0. The second kappa shape index (κ2) is 7.38. The largest absolute Gasteiger partial charge is 0.454 e. The van der Waals surface area contributed by atoms with E-state index in [9.17, 15) is 9.59 Å². The van der Waals surface area contributed by atoms with Crippen LogP contribution in [-0.2, 0) is 17.9 Å². The van der Waals surface area contributed by atoms with Gasteiger partial charge >= 0.3 is 0 Å². The van der Waals surface area contributed by atoms with Crippen molar-refractivity contribution in [2.45, 2.75) is 33.4 Å². The number of hydrogen-bond acceptors (Lipinski definition) is 4. The first-order valence-electron chi connectivity index (χ1n) is 9.32. The maximum absolute atomic E-state index is 12.5. The highest BCUT2D eigenvalue weighted by Crippen LogP contribution is 2.33. The number of hydrogen-bond donors (Lipinski definition) is 1. The van der Waals surface area contributed by atoms with Crippen molar-refractivity contribution in [2.24, 2.45) is 0 Å². The van der Waals surface area contributed by atoms with Crippen LogP contribution in [0.1, 0.15) is 30.0 Å². The summed E-state index contributed by atoms with van der Waals surface area (Å²) in [4.78, 5) is 29.7. The molecule has 0 unspecified atom stereocenters. The Hall–Kier alpha value is -3.28. The van der Waals surface area contributed by atoms with Crippen LogP contribution in [-0.4, -0.2) is 22.6 Å². The molecule has 28 heavy (non-hydrogen) atoms. The van der Waals surface area contributed by atoms with Crippen molar-refractivity contribution in [3.8, 4) is 11.5 Å². The first kappa shape index (κ1) is 18.1. The van der Waals surface area contributed by atoms with Gasteiger partial charge in [-0.2, -0.15) is 0 Å². The van der Waals surface area contributed by atoms with Crippen LogP contribution >= 0.6 is 0 Å². The summed E-state index contributed by atoms with van der Waals surface area (Å²) in [5.41, 5.74) is 3.24. The van der Waals surface area contributed by atoms with Crippen LogP contribution < -0.4 is 15.0 Å². The molecule has 6 nitrogen and oxygen atoms in total. The van der Waals surface area contributed by atoms with Crippen LogP contribution in [0.25, 0.3) is 10.9 Å². The topological polar surface area (TPSA) is 71.6 Å². The molecule has 0 spiro atoms. The number of aryl methyl sites for hydroxylation is 1. The Morgan fingerprint density at radius 1 is 1.07 bits per heavy atom. The lowest BCUT2D eigenvalue weighted by Gasteiger charge is -2.22. The Bertz CT molecular complexity index is 1100. The van der Waals surface area contributed by atoms with Gasteiger partial charge in [-0.15, -0.1) is 0 Å². The zero-order chi connectivity index (χ0) is 19.7. The fraction of sp³-hybridized carbons (Fsp3) is 0.273. The number of ether oxygens (including phenoxy) is 2. The predicted molar refractivity (Wildman–Crippen MR) is 106 cm³/mol. The number of amides is 1. The molecule has 1 aliphatic heterocycles. The van der Waals surface area contributed by atoms with E-state index < -0.39 is 0 Å². The van der Waals surface area contributed by atoms with Gasteiger partial charge in [-0.25, -0.2) is 0 Å². The van der Waals surface area contributed by atoms with E-state index in [1.54, 1.807) is 4.90 Å². The fourth-order valence-electron chi connectivity index (χ4n) is 3.41. The average Bonchev–Trinajstić information content (AvgIpc) is 3.15. The third-order valence-electron chi connectivity index (χ3n) is 4.90. The summed E-state index contributed by atoms with van der Waals surface area (Å²) < 4.78 is 10.8. The Morgan fingerprint density at radius 2 is 1.89 bits per heavy atom. The molecule has 144 valence electrons. The second-order valence-electron chi connectivity index (χ2n) is 7.01. The van der Waals surface area contributed by atoms with Crippen LogP contribution in [0.4, 0.5) is 0 Å². The van der Waals surface area contributed by atoms with Crippen molar-refractivity contribution in [1.82, 2.24) is 9.88 Å². The normalized spacial score (nSPS) is 12.4. The molecule has 1 N–H and O–H groups in total. The van der Waals surface area contributed by atoms with Gasteiger partial charge in [-0.1, -0.05) is 24.6 Å². The third kappa shape index (κ3) is 3.58. The Morgan fingerprint density at radius 3 is 2.71 bits per heavy atom. The lowest BCUT2D eigenvalue weighted by atomic mass is 10.1. The van der Waals surface area contributed by atoms with Crippen molar-refractivity contribution < 1.29 is 14.3 Å². The van der Waals surface area contributed by atoms with Gasteiger partial charge < -0.3 is 19.4 Å². The SMILES string of the molecule is CCC(=O)N(Cc1ccc2c(c1)OCO2)Cc1cc2cc(C)ccc2[nH]c1=O. The number of aromatic nitrogens is 1. The highest BCUT2D eigenvalue weighted by atomic mass is 16.7. The average molecular weight is 378 g/mol. The van der Waals surface area contributed by atoms with E-state index in [1.807, 2.05) is 56.3 Å². The molecule has 2 aromatic carbocycles. The molecule has 0 bridgehead atoms. The zero-order valence-corrected chi connectivity index (χ0v) is 16.0. The molecular weight excluding hydrogens is 356 g/mol. The van der Waals surface area contributed by atoms with Gasteiger partial charge in [0.2, 0.25) is 12.7 Å². The van der Waals surface area contributed by atoms with Crippen molar-refractivity contribution in [3.63, 3.8) is 0 Å². The van der Waals surface area contributed by atoms with E-state index in [4.69, 9.17) is 9.47 Å². The first-order valence-corrected chi connectivity index (χ1v) is 9.32. The fourth-order valence-corrected chi connectivity index (χ4v) is 3.41. The van der Waals surface area contributed by atoms with Gasteiger partial charge in [0.1, 0.15) is 0 Å². The summed E-state index contributed by atoms with van der Waals surface area (Å²) >= 11 is 0. The number of rotatable bonds is 5. The van der Waals surface area contributed by atoms with E-state index in [0.29, 0.717) is 30.0 Å². The summed E-state index contributed by atoms with van der Waals surface area (Å²) in [5.74, 6) is 1.38. The Kier molecular flexibility index (Phi) is 4.77. The van der Waals surface area contributed by atoms with Crippen LogP contribution in [0.2, 0.25) is 0 Å². The molecule has 0 saturated heterocycles. The van der Waals surface area contributed by atoms with Gasteiger partial charge in [-0.3, -0.25) is 9.59 Å². The summed E-state index contributed by atoms with van der Waals surface area (Å²) in [6, 6.07) is 13.4. The molecular formula is C22H22N2O4. The second-order valence-corrected chi connectivity index (χ2v) is 7.01. The summed E-state index contributed by atoms with van der Waals surface area (Å²) in [6.45, 7) is 4.69. The molecule has 0 fully saturated rings. The van der Waals surface area contributed by atoms with E-state index in [0.717, 1.165) is 22.0 Å². The number of aromatic amines is 1. The standard InChI is InChI=1S/C22H22N2O4/c1-3-21(25)24(11-15-5-7-19-20(9-15)28-13-27-19)12-17-10-16-8-14(2)4-6-18(16)23-22(17)26/h4-10H,3,11-13H2,1-2H3,(H,23,26). The number of pyridine rings is 1. The van der Waals surface area contributed by atoms with Gasteiger partial charge in [0.05, 0.1) is 6.54 Å². The van der Waals surface area contributed by atoms with Gasteiger partial charge in [0.25, 0.3) is 5.56 Å². The van der Waals surface area contributed by atoms with Gasteiger partial charge in [0.15, 0.2) is 11.5 Å². The quantitative estimate of drug-likeness (QED) is 0.738. The first-order chi connectivity index (χ1) is 13.5. The number of nitrogens with zero attached hydrogens (tertiary/aromatic N) is 1. The highest BCUT2D eigenvalue weighted by Gasteiger charge is 2.18. The molecule has 0 atom stereocenters. The minimum absolute atomic E-state index is 0.0126. The Labute approximate surface area is 162 Å². The molecule has 2 heterocycles. The van der Waals surface area contributed by atoms with Crippen LogP contribution in [0.3, 0.4) is 0 Å². The van der Waals surface area contributed by atoms with Crippen molar-refractivity contribution in [1.29, 1.82) is 0 Å². The summed E-state index contributed by atoms with van der Waals surface area (Å²) in [6.07, 6.45) is 0.370. The van der Waals surface area contributed by atoms with Crippen molar-refractivity contribution >= 4 is 16.8 Å². The van der Waals surface area contributed by atoms with Crippen molar-refractivity contribution in [3.05, 3.63) is 69.5 Å². The van der Waals surface area contributed by atoms with Crippen LogP contribution in [0.5, 0.6) is 11.5 Å². The number of carbonyl (C=O) groups is 1. The molecule has 0 radical (unpaired) electrons. The monoisotopic (exact) mass is 378 g/mol. The minimum atomic E-state index is -0.170. The molecule has 1 aromatic heterocycles. The Balaban J connectivity index is 1.63. The number of benzene rings is 2. The number of carbonyl (C=O) groups excluding carboxylic acids is 1. The lowest BCUT2D eigenvalue weighted by molar-refractivity contribution is -0.132. The molecule has 0 aliphatic carbocycles. The predicted octanol–water partition coefficient (Wildman–Crippen LogP) is 3.50. The molecule has 1 amide bonds. The molecule has 1 aliphatic rings. The third-order valence-corrected chi connectivity index (χ3v) is 4.90. The smallest absolute Gasteiger partial charge is 0.253 e. The van der Waals surface area contributed by atoms with Gasteiger partial charge in [-0.05, 0) is 48.2 Å². The number of nitrogens with one attached hydrogen (secondary N) is 1. The molecule has 4 rings (SSSR count). The van der Waals surface area contributed by atoms with E-state index in [-0.39, 0.29) is 24.8 Å². The molecule has 0 saturated carbocycles. The van der Waals surface area contributed by atoms with E-state index in [2.05, 4.69) is 4.98 Å². The van der Waals surface area contributed by atoms with Crippen LogP contribution in [0.15, 0.2) is 47.3 Å². The van der Waals surface area contributed by atoms with Crippen LogP contribution in [0, 0.1) is 6.92 Å². The lowest BCUT2D eigenvalue weighted by Crippen LogP contribution is -2.31. The minimum Gasteiger partial charge on any atom is -0.454 e. The molecule has 6 heteroatoms. The van der Waals surface area contributed by atoms with Crippen molar-refractivity contribution in [2.75, 3.05) is 6.79 Å². The highest BCUT2D eigenvalue weighted by molar-refractivity contribution is 5.80. The van der Waals surface area contributed by atoms with Gasteiger partial charge in [0, 0.05) is 24.0 Å². The number of fused-ring (bicyclic) bond motifs is 2. The summed E-state index contributed by atoms with van der Waals surface area (Å²) in [5, 5.41) is 0.960. The zero-order valence-electron chi connectivity index (χ0n) is 16.0. The number of H-pyrrole nitrogens is 1. The maximum Gasteiger partial charge on any atom is 0.253 e. The van der Waals surface area contributed by atoms with E-state index in [1.165, 1.54) is 0 Å². The van der Waals surface area contributed by atoms with E-state index >= 15 is 0 Å². The maximum atomic E-state index is 12.5. The molecule has 3 aromatic rings.